The molecule has 2 N–H and O–H groups in total. The van der Waals surface area contributed by atoms with Crippen molar-refractivity contribution >= 4 is 5.97 Å². The van der Waals surface area contributed by atoms with Crippen LogP contribution in [0, 0.1) is 5.92 Å². The van der Waals surface area contributed by atoms with Crippen LogP contribution in [0.1, 0.15) is 42.0 Å². The summed E-state index contributed by atoms with van der Waals surface area (Å²) in [5, 5.41) is 12.4. The van der Waals surface area contributed by atoms with E-state index in [1.54, 1.807) is 0 Å². The first-order valence-electron chi connectivity index (χ1n) is 7.52. The van der Waals surface area contributed by atoms with Crippen LogP contribution >= 0.6 is 0 Å². The molecule has 1 aromatic rings. The van der Waals surface area contributed by atoms with Crippen LogP contribution in [0.4, 0.5) is 0 Å². The summed E-state index contributed by atoms with van der Waals surface area (Å²) >= 11 is 0. The minimum absolute atomic E-state index is 0.205. The second-order valence-corrected chi connectivity index (χ2v) is 6.40. The summed E-state index contributed by atoms with van der Waals surface area (Å²) in [5.74, 6) is -0.919. The zero-order valence-corrected chi connectivity index (χ0v) is 11.5. The van der Waals surface area contributed by atoms with Gasteiger partial charge in [-0.15, -0.1) is 0 Å². The Kier molecular flexibility index (Phi) is 2.82. The quantitative estimate of drug-likeness (QED) is 0.882. The van der Waals surface area contributed by atoms with Crippen molar-refractivity contribution in [3.63, 3.8) is 0 Å². The van der Waals surface area contributed by atoms with E-state index in [2.05, 4.69) is 28.4 Å². The van der Waals surface area contributed by atoms with Gasteiger partial charge >= 0.3 is 5.97 Å². The van der Waals surface area contributed by atoms with Crippen LogP contribution < -0.4 is 5.32 Å². The first-order valence-corrected chi connectivity index (χ1v) is 7.52. The number of hydrogen-bond donors (Lipinski definition) is 2. The molecule has 1 aromatic carbocycles. The summed E-state index contributed by atoms with van der Waals surface area (Å²) in [6, 6.07) is 7.72. The molecule has 20 heavy (non-hydrogen) atoms. The molecule has 0 amide bonds. The fraction of sp³-hybridized carbons (Fsp3) is 0.562. The lowest BCUT2D eigenvalue weighted by molar-refractivity contribution is -0.141. The van der Waals surface area contributed by atoms with E-state index in [-0.39, 0.29) is 12.0 Å². The van der Waals surface area contributed by atoms with Crippen LogP contribution in [0.25, 0.3) is 0 Å². The van der Waals surface area contributed by atoms with Gasteiger partial charge in [-0.3, -0.25) is 9.69 Å². The molecular formula is C16H20N2O2. The molecule has 1 saturated carbocycles. The molecule has 0 spiro atoms. The normalized spacial score (nSPS) is 29.6. The Hall–Kier alpha value is -1.39. The highest BCUT2D eigenvalue weighted by atomic mass is 16.4. The molecular weight excluding hydrogens is 252 g/mol. The van der Waals surface area contributed by atoms with Crippen molar-refractivity contribution in [2.45, 2.75) is 44.4 Å². The lowest BCUT2D eigenvalue weighted by Crippen LogP contribution is -2.18. The number of fused-ring (bicyclic) bond motifs is 1. The molecule has 0 radical (unpaired) electrons. The Morgan fingerprint density at radius 1 is 1.25 bits per heavy atom. The van der Waals surface area contributed by atoms with Crippen molar-refractivity contribution in [2.75, 3.05) is 6.54 Å². The Bertz CT molecular complexity index is 553. The van der Waals surface area contributed by atoms with Crippen molar-refractivity contribution in [3.8, 4) is 0 Å². The van der Waals surface area contributed by atoms with Crippen LogP contribution in [-0.4, -0.2) is 28.6 Å². The van der Waals surface area contributed by atoms with Gasteiger partial charge in [0.15, 0.2) is 0 Å². The van der Waals surface area contributed by atoms with E-state index in [1.165, 1.54) is 29.5 Å². The smallest absolute Gasteiger partial charge is 0.307 e. The van der Waals surface area contributed by atoms with Gasteiger partial charge in [-0.05, 0) is 36.0 Å². The number of rotatable bonds is 3. The summed E-state index contributed by atoms with van der Waals surface area (Å²) in [7, 11) is 0. The Morgan fingerprint density at radius 2 is 2.05 bits per heavy atom. The Balaban J connectivity index is 1.51. The maximum absolute atomic E-state index is 11.0. The molecule has 1 aliphatic carbocycles. The number of carboxylic acids is 1. The van der Waals surface area contributed by atoms with E-state index in [9.17, 15) is 4.79 Å². The maximum atomic E-state index is 11.0. The lowest BCUT2D eigenvalue weighted by Gasteiger charge is -2.12. The van der Waals surface area contributed by atoms with Crippen LogP contribution in [0.2, 0.25) is 0 Å². The molecule has 2 aliphatic heterocycles. The van der Waals surface area contributed by atoms with E-state index in [4.69, 9.17) is 5.11 Å². The van der Waals surface area contributed by atoms with E-state index < -0.39 is 5.97 Å². The van der Waals surface area contributed by atoms with Gasteiger partial charge in [-0.25, -0.2) is 0 Å². The molecule has 0 aromatic heterocycles. The van der Waals surface area contributed by atoms with Gasteiger partial charge < -0.3 is 10.4 Å². The van der Waals surface area contributed by atoms with E-state index >= 15 is 0 Å². The van der Waals surface area contributed by atoms with Crippen LogP contribution in [0.3, 0.4) is 0 Å². The summed E-state index contributed by atoms with van der Waals surface area (Å²) < 4.78 is 0. The molecule has 1 saturated heterocycles. The van der Waals surface area contributed by atoms with Gasteiger partial charge in [0.1, 0.15) is 0 Å². The maximum Gasteiger partial charge on any atom is 0.307 e. The first-order chi connectivity index (χ1) is 9.70. The molecule has 2 unspecified atom stereocenters. The third-order valence-corrected chi connectivity index (χ3v) is 4.92. The standard InChI is InChI=1S/C16H20N2O2/c19-16(20)12-6-15(17-7-12)10-1-2-11-8-18(14-3-4-14)9-13(11)5-10/h1-2,5,12,14-15,17H,3-4,6-9H2,(H,19,20). The summed E-state index contributed by atoms with van der Waals surface area (Å²) in [6.07, 6.45) is 3.41. The molecule has 4 heteroatoms. The summed E-state index contributed by atoms with van der Waals surface area (Å²) in [6.45, 7) is 2.75. The molecule has 2 heterocycles. The molecule has 4 rings (SSSR count). The zero-order chi connectivity index (χ0) is 13.7. The molecule has 2 fully saturated rings. The topological polar surface area (TPSA) is 52.6 Å². The second-order valence-electron chi connectivity index (χ2n) is 6.40. The van der Waals surface area contributed by atoms with E-state index in [0.29, 0.717) is 13.0 Å². The van der Waals surface area contributed by atoms with Crippen molar-refractivity contribution in [3.05, 3.63) is 34.9 Å². The predicted octanol–water partition coefficient (Wildman–Crippen LogP) is 1.90. The second kappa shape index (κ2) is 4.57. The average Bonchev–Trinajstić information content (AvgIpc) is 3.02. The van der Waals surface area contributed by atoms with Crippen molar-refractivity contribution in [2.24, 2.45) is 5.92 Å². The molecule has 0 bridgehead atoms. The minimum atomic E-state index is -0.680. The lowest BCUT2D eigenvalue weighted by atomic mass is 9.97. The molecule has 4 nitrogen and oxygen atoms in total. The minimum Gasteiger partial charge on any atom is -0.481 e. The summed E-state index contributed by atoms with van der Waals surface area (Å²) in [5.41, 5.74) is 4.15. The fourth-order valence-corrected chi connectivity index (χ4v) is 3.53. The number of carbonyl (C=O) groups is 1. The van der Waals surface area contributed by atoms with E-state index in [1.807, 2.05) is 0 Å². The third kappa shape index (κ3) is 2.13. The van der Waals surface area contributed by atoms with Crippen LogP contribution in [0.15, 0.2) is 18.2 Å². The highest BCUT2D eigenvalue weighted by molar-refractivity contribution is 5.70. The zero-order valence-electron chi connectivity index (χ0n) is 11.5. The molecule has 3 aliphatic rings. The SMILES string of the molecule is O=C(O)C1CNC(c2ccc3c(c2)CN(C2CC2)C3)C1. The van der Waals surface area contributed by atoms with Gasteiger partial charge in [-0.1, -0.05) is 18.2 Å². The largest absolute Gasteiger partial charge is 0.481 e. The van der Waals surface area contributed by atoms with Gasteiger partial charge in [0, 0.05) is 31.7 Å². The van der Waals surface area contributed by atoms with Crippen molar-refractivity contribution < 1.29 is 9.90 Å². The monoisotopic (exact) mass is 272 g/mol. The number of nitrogens with one attached hydrogen (secondary N) is 1. The highest BCUT2D eigenvalue weighted by Crippen LogP contribution is 2.36. The number of carboxylic acid groups (broad SMARTS) is 1. The highest BCUT2D eigenvalue weighted by Gasteiger charge is 2.34. The van der Waals surface area contributed by atoms with E-state index in [0.717, 1.165) is 19.1 Å². The third-order valence-electron chi connectivity index (χ3n) is 4.92. The van der Waals surface area contributed by atoms with Gasteiger partial charge in [-0.2, -0.15) is 0 Å². The molecule has 106 valence electrons. The Labute approximate surface area is 118 Å². The average molecular weight is 272 g/mol. The van der Waals surface area contributed by atoms with Crippen LogP contribution in [0.5, 0.6) is 0 Å². The van der Waals surface area contributed by atoms with Gasteiger partial charge in [0.05, 0.1) is 5.92 Å². The number of nitrogens with zero attached hydrogens (tertiary/aromatic N) is 1. The van der Waals surface area contributed by atoms with Crippen LogP contribution in [-0.2, 0) is 17.9 Å². The molecule has 2 atom stereocenters. The van der Waals surface area contributed by atoms with Gasteiger partial charge in [0.2, 0.25) is 0 Å². The number of aliphatic carboxylic acids is 1. The van der Waals surface area contributed by atoms with Gasteiger partial charge in [0.25, 0.3) is 0 Å². The Morgan fingerprint density at radius 3 is 2.75 bits per heavy atom. The van der Waals surface area contributed by atoms with Crippen molar-refractivity contribution in [1.29, 1.82) is 0 Å². The number of hydrogen-bond acceptors (Lipinski definition) is 3. The van der Waals surface area contributed by atoms with Crippen molar-refractivity contribution in [1.82, 2.24) is 10.2 Å². The summed E-state index contributed by atoms with van der Waals surface area (Å²) in [4.78, 5) is 13.6. The predicted molar refractivity (Wildman–Crippen MR) is 75.2 cm³/mol. The number of benzene rings is 1. The first kappa shape index (κ1) is 12.4. The fourth-order valence-electron chi connectivity index (χ4n) is 3.53.